The Hall–Kier alpha value is -3.07. The van der Waals surface area contributed by atoms with Crippen molar-refractivity contribution in [3.05, 3.63) is 47.0 Å². The molecule has 0 radical (unpaired) electrons. The summed E-state index contributed by atoms with van der Waals surface area (Å²) in [6, 6.07) is 5.80. The first-order valence-corrected chi connectivity index (χ1v) is 12.1. The van der Waals surface area contributed by atoms with Gasteiger partial charge in [-0.25, -0.2) is 14.6 Å². The predicted molar refractivity (Wildman–Crippen MR) is 130 cm³/mol. The topological polar surface area (TPSA) is 99.6 Å². The highest BCUT2D eigenvalue weighted by molar-refractivity contribution is 6.30. The molecule has 2 atom stereocenters. The maximum atomic E-state index is 13.4. The van der Waals surface area contributed by atoms with E-state index in [-0.39, 0.29) is 23.9 Å². The number of anilines is 1. The van der Waals surface area contributed by atoms with E-state index in [1.807, 2.05) is 30.6 Å². The normalized spacial score (nSPS) is 17.9. The van der Waals surface area contributed by atoms with Crippen LogP contribution in [0.25, 0.3) is 0 Å². The van der Waals surface area contributed by atoms with Crippen LogP contribution in [0.15, 0.2) is 30.5 Å². The second kappa shape index (κ2) is 10.0. The standard InChI is InChI=1S/C24H31ClN6O3/c1-4-15(2)21(28-23(33)27-18-7-5-17(25)6-8-18)22(32)29-11-9-19(10-12-29)30-14-20-13-26-16(3)31(20)24(30)34/h5-8,13,15,19,21H,4,9-12,14H2,1-3H3,(H2,27,28,33)/t15?,21-/m1/s1. The average Bonchev–Trinajstić information content (AvgIpc) is 3.37. The number of rotatable bonds is 6. The number of halogens is 1. The zero-order chi connectivity index (χ0) is 24.4. The molecule has 4 rings (SSSR count). The highest BCUT2D eigenvalue weighted by atomic mass is 35.5. The van der Waals surface area contributed by atoms with Gasteiger partial charge in [0.15, 0.2) is 0 Å². The Morgan fingerprint density at radius 2 is 1.88 bits per heavy atom. The molecule has 0 aliphatic carbocycles. The molecule has 2 aliphatic heterocycles. The number of carbonyl (C=O) groups excluding carboxylic acids is 3. The predicted octanol–water partition coefficient (Wildman–Crippen LogP) is 3.86. The fraction of sp³-hybridized carbons (Fsp3) is 0.500. The molecule has 2 aliphatic rings. The number of amides is 4. The lowest BCUT2D eigenvalue weighted by atomic mass is 9.96. The summed E-state index contributed by atoms with van der Waals surface area (Å²) in [5.74, 6) is 0.593. The molecule has 3 heterocycles. The number of urea groups is 1. The number of carbonyl (C=O) groups is 3. The molecule has 9 nitrogen and oxygen atoms in total. The fourth-order valence-corrected chi connectivity index (χ4v) is 4.77. The van der Waals surface area contributed by atoms with Crippen LogP contribution in [-0.4, -0.2) is 62.5 Å². The van der Waals surface area contributed by atoms with E-state index in [1.165, 1.54) is 0 Å². The molecule has 10 heteroatoms. The van der Waals surface area contributed by atoms with E-state index < -0.39 is 12.1 Å². The third kappa shape index (κ3) is 4.89. The summed E-state index contributed by atoms with van der Waals surface area (Å²) in [5.41, 5.74) is 1.51. The molecule has 4 amide bonds. The Kier molecular flexibility index (Phi) is 7.11. The monoisotopic (exact) mass is 486 g/mol. The van der Waals surface area contributed by atoms with Gasteiger partial charge in [0.05, 0.1) is 18.4 Å². The average molecular weight is 487 g/mol. The van der Waals surface area contributed by atoms with Gasteiger partial charge in [0.1, 0.15) is 11.9 Å². The van der Waals surface area contributed by atoms with Crippen LogP contribution in [0.3, 0.4) is 0 Å². The van der Waals surface area contributed by atoms with Gasteiger partial charge in [-0.3, -0.25) is 9.36 Å². The number of nitrogens with one attached hydrogen (secondary N) is 2. The number of imidazole rings is 1. The van der Waals surface area contributed by atoms with E-state index in [0.29, 0.717) is 49.0 Å². The number of hydrogen-bond donors (Lipinski definition) is 2. The number of benzene rings is 1. The van der Waals surface area contributed by atoms with Crippen LogP contribution in [0.1, 0.15) is 44.6 Å². The van der Waals surface area contributed by atoms with Crippen molar-refractivity contribution in [2.75, 3.05) is 18.4 Å². The quantitative estimate of drug-likeness (QED) is 0.647. The smallest absolute Gasteiger partial charge is 0.330 e. The van der Waals surface area contributed by atoms with Gasteiger partial charge in [0.25, 0.3) is 0 Å². The number of fused-ring (bicyclic) bond motifs is 1. The van der Waals surface area contributed by atoms with Gasteiger partial charge in [-0.05, 0) is 49.9 Å². The highest BCUT2D eigenvalue weighted by Crippen LogP contribution is 2.26. The molecule has 1 saturated heterocycles. The highest BCUT2D eigenvalue weighted by Gasteiger charge is 2.38. The molecule has 1 fully saturated rings. The molecule has 1 aromatic carbocycles. The largest absolute Gasteiger partial charge is 0.341 e. The summed E-state index contributed by atoms with van der Waals surface area (Å²) in [7, 11) is 0. The van der Waals surface area contributed by atoms with Gasteiger partial charge >= 0.3 is 12.1 Å². The number of piperidine rings is 1. The molecule has 0 saturated carbocycles. The van der Waals surface area contributed by atoms with Crippen molar-refractivity contribution in [3.8, 4) is 0 Å². The van der Waals surface area contributed by atoms with Gasteiger partial charge in [0, 0.05) is 29.8 Å². The zero-order valence-electron chi connectivity index (χ0n) is 19.8. The zero-order valence-corrected chi connectivity index (χ0v) is 20.5. The lowest BCUT2D eigenvalue weighted by Gasteiger charge is -2.38. The van der Waals surface area contributed by atoms with E-state index in [4.69, 9.17) is 11.6 Å². The second-order valence-corrected chi connectivity index (χ2v) is 9.50. The van der Waals surface area contributed by atoms with Gasteiger partial charge < -0.3 is 20.4 Å². The molecule has 1 unspecified atom stereocenters. The first-order valence-electron chi connectivity index (χ1n) is 11.7. The molecule has 1 aromatic heterocycles. The molecule has 2 N–H and O–H groups in total. The molecule has 34 heavy (non-hydrogen) atoms. The molecular formula is C24H31ClN6O3. The van der Waals surface area contributed by atoms with Crippen molar-refractivity contribution in [2.45, 2.75) is 58.7 Å². The van der Waals surface area contributed by atoms with E-state index in [0.717, 1.165) is 12.1 Å². The third-order valence-corrected chi connectivity index (χ3v) is 7.12. The lowest BCUT2D eigenvalue weighted by molar-refractivity contribution is -0.135. The molecule has 0 bridgehead atoms. The van der Waals surface area contributed by atoms with Crippen LogP contribution in [0.2, 0.25) is 5.02 Å². The number of likely N-dealkylation sites (tertiary alicyclic amines) is 1. The minimum Gasteiger partial charge on any atom is -0.341 e. The van der Waals surface area contributed by atoms with Crippen molar-refractivity contribution in [1.82, 2.24) is 24.7 Å². The minimum atomic E-state index is -0.628. The van der Waals surface area contributed by atoms with Crippen LogP contribution in [0.5, 0.6) is 0 Å². The van der Waals surface area contributed by atoms with Crippen molar-refractivity contribution in [3.63, 3.8) is 0 Å². The van der Waals surface area contributed by atoms with Gasteiger partial charge in [0.2, 0.25) is 5.91 Å². The Bertz CT molecular complexity index is 1060. The second-order valence-electron chi connectivity index (χ2n) is 9.07. The molecule has 2 aromatic rings. The van der Waals surface area contributed by atoms with E-state index >= 15 is 0 Å². The van der Waals surface area contributed by atoms with Crippen LogP contribution in [-0.2, 0) is 11.3 Å². The van der Waals surface area contributed by atoms with Crippen LogP contribution in [0, 0.1) is 12.8 Å². The minimum absolute atomic E-state index is 0.0253. The maximum absolute atomic E-state index is 13.4. The summed E-state index contributed by atoms with van der Waals surface area (Å²) in [6.45, 7) is 7.45. The number of nitrogens with zero attached hydrogens (tertiary/aromatic N) is 4. The van der Waals surface area contributed by atoms with Gasteiger partial charge in [-0.1, -0.05) is 31.9 Å². The summed E-state index contributed by atoms with van der Waals surface area (Å²) in [4.78, 5) is 46.7. The summed E-state index contributed by atoms with van der Waals surface area (Å²) < 4.78 is 1.67. The number of hydrogen-bond acceptors (Lipinski definition) is 4. The Morgan fingerprint density at radius 1 is 1.21 bits per heavy atom. The number of aryl methyl sites for hydroxylation is 1. The van der Waals surface area contributed by atoms with Crippen molar-refractivity contribution >= 4 is 35.3 Å². The van der Waals surface area contributed by atoms with Crippen LogP contribution in [0.4, 0.5) is 15.3 Å². The SMILES string of the molecule is CCC(C)[C@@H](NC(=O)Nc1ccc(Cl)cc1)C(=O)N1CCC(N2Cc3cnc(C)n3C2=O)CC1. The molecule has 0 spiro atoms. The summed E-state index contributed by atoms with van der Waals surface area (Å²) in [6.07, 6.45) is 3.92. The van der Waals surface area contributed by atoms with Crippen molar-refractivity contribution in [1.29, 1.82) is 0 Å². The van der Waals surface area contributed by atoms with Gasteiger partial charge in [-0.2, -0.15) is 0 Å². The Labute approximate surface area is 204 Å². The van der Waals surface area contributed by atoms with Crippen LogP contribution >= 0.6 is 11.6 Å². The van der Waals surface area contributed by atoms with Crippen molar-refractivity contribution < 1.29 is 14.4 Å². The van der Waals surface area contributed by atoms with E-state index in [9.17, 15) is 14.4 Å². The summed E-state index contributed by atoms with van der Waals surface area (Å²) >= 11 is 5.90. The summed E-state index contributed by atoms with van der Waals surface area (Å²) in [5, 5.41) is 6.21. The van der Waals surface area contributed by atoms with Gasteiger partial charge in [-0.15, -0.1) is 0 Å². The van der Waals surface area contributed by atoms with Crippen molar-refractivity contribution in [2.24, 2.45) is 5.92 Å². The molecular weight excluding hydrogens is 456 g/mol. The lowest BCUT2D eigenvalue weighted by Crippen LogP contribution is -2.55. The Morgan fingerprint density at radius 3 is 2.50 bits per heavy atom. The number of aromatic nitrogens is 2. The first-order chi connectivity index (χ1) is 16.3. The van der Waals surface area contributed by atoms with E-state index in [2.05, 4.69) is 15.6 Å². The first kappa shape index (κ1) is 24.1. The fourth-order valence-electron chi connectivity index (χ4n) is 4.64. The van der Waals surface area contributed by atoms with E-state index in [1.54, 1.807) is 35.0 Å². The Balaban J connectivity index is 1.35. The molecule has 182 valence electrons. The maximum Gasteiger partial charge on any atom is 0.330 e. The third-order valence-electron chi connectivity index (χ3n) is 6.87. The van der Waals surface area contributed by atoms with Crippen LogP contribution < -0.4 is 10.6 Å².